The summed E-state index contributed by atoms with van der Waals surface area (Å²) in [4.78, 5) is 0. The van der Waals surface area contributed by atoms with Crippen LogP contribution >= 0.6 is 11.8 Å². The molecule has 1 aliphatic heterocycles. The van der Waals surface area contributed by atoms with Gasteiger partial charge < -0.3 is 14.8 Å². The van der Waals surface area contributed by atoms with Crippen molar-refractivity contribution >= 4 is 11.8 Å². The van der Waals surface area contributed by atoms with Crippen LogP contribution in [0.15, 0.2) is 18.2 Å². The van der Waals surface area contributed by atoms with Gasteiger partial charge >= 0.3 is 0 Å². The summed E-state index contributed by atoms with van der Waals surface area (Å²) in [7, 11) is 3.72. The van der Waals surface area contributed by atoms with E-state index in [1.165, 1.54) is 24.0 Å². The summed E-state index contributed by atoms with van der Waals surface area (Å²) in [6, 6.07) is 6.45. The highest BCUT2D eigenvalue weighted by molar-refractivity contribution is 7.99. The second kappa shape index (κ2) is 7.78. The fourth-order valence-electron chi connectivity index (χ4n) is 2.31. The van der Waals surface area contributed by atoms with Crippen molar-refractivity contribution in [3.8, 4) is 5.75 Å². The topological polar surface area (TPSA) is 30.5 Å². The Morgan fingerprint density at radius 2 is 2.16 bits per heavy atom. The molecule has 0 aliphatic carbocycles. The maximum absolute atomic E-state index is 5.46. The quantitative estimate of drug-likeness (QED) is 0.868. The van der Waals surface area contributed by atoms with Crippen molar-refractivity contribution < 1.29 is 9.47 Å². The molecule has 0 aromatic heterocycles. The summed E-state index contributed by atoms with van der Waals surface area (Å²) in [6.07, 6.45) is 2.34. The lowest BCUT2D eigenvalue weighted by Crippen LogP contribution is -2.17. The fourth-order valence-corrected chi connectivity index (χ4v) is 3.48. The maximum Gasteiger partial charge on any atom is 0.122 e. The van der Waals surface area contributed by atoms with Crippen LogP contribution in [0.5, 0.6) is 5.75 Å². The van der Waals surface area contributed by atoms with Gasteiger partial charge in [0.25, 0.3) is 0 Å². The predicted molar refractivity (Wildman–Crippen MR) is 80.9 cm³/mol. The first-order chi connectivity index (χ1) is 9.33. The molecule has 1 heterocycles. The number of nitrogens with one attached hydrogen (secondary N) is 1. The van der Waals surface area contributed by atoms with Crippen LogP contribution in [-0.2, 0) is 17.0 Å². The van der Waals surface area contributed by atoms with E-state index in [4.69, 9.17) is 9.47 Å². The second-order valence-corrected chi connectivity index (χ2v) is 6.09. The van der Waals surface area contributed by atoms with E-state index in [2.05, 4.69) is 23.5 Å². The van der Waals surface area contributed by atoms with E-state index in [9.17, 15) is 0 Å². The predicted octanol–water partition coefficient (Wildman–Crippen LogP) is 2.83. The van der Waals surface area contributed by atoms with Gasteiger partial charge in [-0.2, -0.15) is 11.8 Å². The Morgan fingerprint density at radius 1 is 1.37 bits per heavy atom. The normalized spacial score (nSPS) is 16.5. The average molecular weight is 281 g/mol. The van der Waals surface area contributed by atoms with E-state index in [0.29, 0.717) is 0 Å². The van der Waals surface area contributed by atoms with Crippen molar-refractivity contribution in [3.63, 3.8) is 0 Å². The molecule has 1 aromatic carbocycles. The van der Waals surface area contributed by atoms with Crippen molar-refractivity contribution in [2.75, 3.05) is 27.4 Å². The highest BCUT2D eigenvalue weighted by atomic mass is 32.2. The van der Waals surface area contributed by atoms with Crippen LogP contribution < -0.4 is 10.1 Å². The van der Waals surface area contributed by atoms with E-state index in [1.54, 1.807) is 7.11 Å². The third kappa shape index (κ3) is 4.41. The summed E-state index contributed by atoms with van der Waals surface area (Å²) in [6.45, 7) is 2.72. The van der Waals surface area contributed by atoms with Gasteiger partial charge in [-0.15, -0.1) is 0 Å². The first-order valence-electron chi connectivity index (χ1n) is 6.83. The van der Waals surface area contributed by atoms with Crippen LogP contribution in [0.1, 0.15) is 24.0 Å². The SMILES string of the molecule is CNCc1ccc(OC)c(CSC2CCOCC2)c1. The average Bonchev–Trinajstić information content (AvgIpc) is 2.47. The molecule has 0 atom stereocenters. The molecule has 1 aliphatic rings. The zero-order valence-electron chi connectivity index (χ0n) is 11.8. The number of methoxy groups -OCH3 is 1. The van der Waals surface area contributed by atoms with E-state index >= 15 is 0 Å². The summed E-state index contributed by atoms with van der Waals surface area (Å²) in [5.74, 6) is 2.02. The molecule has 0 unspecified atom stereocenters. The number of thioether (sulfide) groups is 1. The molecule has 106 valence electrons. The molecule has 2 rings (SSSR count). The van der Waals surface area contributed by atoms with Gasteiger partial charge in [0, 0.05) is 36.3 Å². The van der Waals surface area contributed by atoms with Gasteiger partial charge in [0.2, 0.25) is 0 Å². The minimum Gasteiger partial charge on any atom is -0.496 e. The van der Waals surface area contributed by atoms with Crippen molar-refractivity contribution in [2.45, 2.75) is 30.4 Å². The lowest BCUT2D eigenvalue weighted by Gasteiger charge is -2.22. The summed E-state index contributed by atoms with van der Waals surface area (Å²) in [5.41, 5.74) is 2.61. The van der Waals surface area contributed by atoms with Crippen LogP contribution in [0, 0.1) is 0 Å². The van der Waals surface area contributed by atoms with Crippen LogP contribution in [0.3, 0.4) is 0 Å². The van der Waals surface area contributed by atoms with Gasteiger partial charge in [-0.25, -0.2) is 0 Å². The standard InChI is InChI=1S/C15H23NO2S/c1-16-10-12-3-4-15(17-2)13(9-12)11-19-14-5-7-18-8-6-14/h3-4,9,14,16H,5-8,10-11H2,1-2H3. The van der Waals surface area contributed by atoms with Crippen molar-refractivity contribution in [3.05, 3.63) is 29.3 Å². The Labute approximate surface area is 120 Å². The van der Waals surface area contributed by atoms with Gasteiger partial charge in [-0.3, -0.25) is 0 Å². The largest absolute Gasteiger partial charge is 0.496 e. The number of hydrogen-bond donors (Lipinski definition) is 1. The molecule has 19 heavy (non-hydrogen) atoms. The monoisotopic (exact) mass is 281 g/mol. The Hall–Kier alpha value is -0.710. The minimum atomic E-state index is 0.728. The maximum atomic E-state index is 5.46. The Bertz CT molecular complexity index is 392. The van der Waals surface area contributed by atoms with Gasteiger partial charge in [0.15, 0.2) is 0 Å². The number of ether oxygens (including phenoxy) is 2. The van der Waals surface area contributed by atoms with E-state index in [0.717, 1.165) is 36.5 Å². The van der Waals surface area contributed by atoms with E-state index in [1.807, 2.05) is 18.8 Å². The molecule has 1 saturated heterocycles. The third-order valence-corrected chi connectivity index (χ3v) is 4.79. The van der Waals surface area contributed by atoms with Crippen LogP contribution in [-0.4, -0.2) is 32.6 Å². The lowest BCUT2D eigenvalue weighted by molar-refractivity contribution is 0.1000. The molecule has 0 radical (unpaired) electrons. The molecule has 0 spiro atoms. The molecule has 0 bridgehead atoms. The smallest absolute Gasteiger partial charge is 0.122 e. The molecular weight excluding hydrogens is 258 g/mol. The molecule has 1 N–H and O–H groups in total. The molecule has 1 aromatic rings. The zero-order valence-corrected chi connectivity index (χ0v) is 12.6. The van der Waals surface area contributed by atoms with Gasteiger partial charge in [0.1, 0.15) is 5.75 Å². The van der Waals surface area contributed by atoms with Gasteiger partial charge in [0.05, 0.1) is 7.11 Å². The minimum absolute atomic E-state index is 0.728. The highest BCUT2D eigenvalue weighted by Crippen LogP contribution is 2.30. The molecule has 1 fully saturated rings. The van der Waals surface area contributed by atoms with Crippen LogP contribution in [0.4, 0.5) is 0 Å². The van der Waals surface area contributed by atoms with Gasteiger partial charge in [-0.05, 0) is 37.6 Å². The van der Waals surface area contributed by atoms with Crippen molar-refractivity contribution in [1.82, 2.24) is 5.32 Å². The highest BCUT2D eigenvalue weighted by Gasteiger charge is 2.15. The summed E-state index contributed by atoms with van der Waals surface area (Å²) < 4.78 is 10.9. The Balaban J connectivity index is 1.97. The van der Waals surface area contributed by atoms with Crippen LogP contribution in [0.25, 0.3) is 0 Å². The molecule has 0 amide bonds. The Morgan fingerprint density at radius 3 is 2.84 bits per heavy atom. The number of benzene rings is 1. The first-order valence-corrected chi connectivity index (χ1v) is 7.88. The number of rotatable bonds is 6. The van der Waals surface area contributed by atoms with E-state index < -0.39 is 0 Å². The molecular formula is C15H23NO2S. The van der Waals surface area contributed by atoms with Crippen molar-refractivity contribution in [2.24, 2.45) is 0 Å². The Kier molecular flexibility index (Phi) is 6.01. The van der Waals surface area contributed by atoms with Crippen LogP contribution in [0.2, 0.25) is 0 Å². The summed E-state index contributed by atoms with van der Waals surface area (Å²) >= 11 is 2.03. The third-order valence-electron chi connectivity index (χ3n) is 3.37. The van der Waals surface area contributed by atoms with Crippen molar-refractivity contribution in [1.29, 1.82) is 0 Å². The first kappa shape index (κ1) is 14.7. The fraction of sp³-hybridized carbons (Fsp3) is 0.600. The lowest BCUT2D eigenvalue weighted by atomic mass is 10.1. The molecule has 0 saturated carbocycles. The zero-order chi connectivity index (χ0) is 13.5. The number of hydrogen-bond acceptors (Lipinski definition) is 4. The molecule has 3 nitrogen and oxygen atoms in total. The summed E-state index contributed by atoms with van der Waals surface area (Å²) in [5, 5.41) is 3.92. The van der Waals surface area contributed by atoms with E-state index in [-0.39, 0.29) is 0 Å². The second-order valence-electron chi connectivity index (χ2n) is 4.80. The molecule has 4 heteroatoms. The van der Waals surface area contributed by atoms with Gasteiger partial charge in [-0.1, -0.05) is 6.07 Å².